The highest BCUT2D eigenvalue weighted by Gasteiger charge is 2.20. The van der Waals surface area contributed by atoms with Crippen LogP contribution in [0, 0.1) is 5.92 Å². The molecule has 11 nitrogen and oxygen atoms in total. The van der Waals surface area contributed by atoms with Gasteiger partial charge in [0.1, 0.15) is 13.2 Å². The lowest BCUT2D eigenvalue weighted by molar-refractivity contribution is -0.167. The van der Waals surface area contributed by atoms with Gasteiger partial charge < -0.3 is 28.6 Å². The van der Waals surface area contributed by atoms with Gasteiger partial charge in [-0.05, 0) is 110 Å². The fraction of sp³-hybridized carbons (Fsp3) is 0.842. The van der Waals surface area contributed by atoms with Crippen LogP contribution in [0.5, 0.6) is 0 Å². The van der Waals surface area contributed by atoms with Crippen molar-refractivity contribution in [2.45, 2.75) is 258 Å². The van der Waals surface area contributed by atoms with Gasteiger partial charge in [-0.15, -0.1) is 0 Å². The van der Waals surface area contributed by atoms with Crippen molar-refractivity contribution < 1.29 is 47.7 Å². The first-order chi connectivity index (χ1) is 33.1. The van der Waals surface area contributed by atoms with Crippen molar-refractivity contribution in [3.05, 3.63) is 24.3 Å². The molecule has 0 aromatic rings. The predicted molar refractivity (Wildman–Crippen MR) is 277 cm³/mol. The molecule has 0 aliphatic rings. The molecule has 0 heterocycles. The van der Waals surface area contributed by atoms with Crippen LogP contribution in [0.1, 0.15) is 252 Å². The minimum atomic E-state index is -0.916. The van der Waals surface area contributed by atoms with Crippen molar-refractivity contribution in [2.75, 3.05) is 47.1 Å². The molecule has 0 spiro atoms. The maximum Gasteiger partial charge on any atom is 0.306 e. The number of carbonyl (C=O) groups is 5. The van der Waals surface area contributed by atoms with Gasteiger partial charge in [0.05, 0.1) is 13.2 Å². The standard InChI is InChI=1S/C57H103NO10/c1-6-9-12-15-17-18-19-20-21-22-23-24-25-26-28-37-47-64-53(59)41-33-29-35-43-55(61)66-49-52(68-57(63)45-38-46-58(4)5)50-67-56(62)44-36-30-34-42-54(60)65-48-51(39-31-14-11-8-3)40-32-27-16-13-10-7-2/h17-18,20-21,51-52H,6-16,19,22-50H2,1-5H3/b18-17+,21-20+. The number of unbranched alkanes of at least 4 members (excludes halogenated alkanes) is 21. The summed E-state index contributed by atoms with van der Waals surface area (Å²) >= 11 is 0. The van der Waals surface area contributed by atoms with E-state index in [1.807, 2.05) is 19.0 Å². The molecular formula is C57H103NO10. The van der Waals surface area contributed by atoms with Crippen LogP contribution in [-0.2, 0) is 47.7 Å². The van der Waals surface area contributed by atoms with Crippen molar-refractivity contribution in [1.82, 2.24) is 4.90 Å². The Labute approximate surface area is 416 Å². The van der Waals surface area contributed by atoms with E-state index in [0.29, 0.717) is 76.9 Å². The van der Waals surface area contributed by atoms with Gasteiger partial charge in [0.15, 0.2) is 6.10 Å². The summed E-state index contributed by atoms with van der Waals surface area (Å²) < 4.78 is 27.6. The number of rotatable bonds is 50. The molecule has 68 heavy (non-hydrogen) atoms. The average molecular weight is 962 g/mol. The van der Waals surface area contributed by atoms with Gasteiger partial charge in [0.25, 0.3) is 0 Å². The minimum Gasteiger partial charge on any atom is -0.466 e. The van der Waals surface area contributed by atoms with Crippen LogP contribution in [0.2, 0.25) is 0 Å². The van der Waals surface area contributed by atoms with Crippen LogP contribution in [0.3, 0.4) is 0 Å². The molecule has 0 aliphatic heterocycles. The highest BCUT2D eigenvalue weighted by molar-refractivity contribution is 5.71. The van der Waals surface area contributed by atoms with E-state index in [0.717, 1.165) is 51.5 Å². The molecule has 0 aromatic carbocycles. The second-order valence-electron chi connectivity index (χ2n) is 19.3. The summed E-state index contributed by atoms with van der Waals surface area (Å²) in [6.07, 6.45) is 42.4. The number of esters is 5. The smallest absolute Gasteiger partial charge is 0.306 e. The molecule has 0 saturated heterocycles. The topological polar surface area (TPSA) is 135 Å². The molecule has 0 aliphatic carbocycles. The van der Waals surface area contributed by atoms with Gasteiger partial charge in [-0.2, -0.15) is 0 Å². The Hall–Kier alpha value is -3.21. The zero-order valence-electron chi connectivity index (χ0n) is 44.5. The van der Waals surface area contributed by atoms with E-state index in [-0.39, 0.29) is 44.4 Å². The Balaban J connectivity index is 4.35. The van der Waals surface area contributed by atoms with Crippen molar-refractivity contribution in [2.24, 2.45) is 5.92 Å². The second kappa shape index (κ2) is 50.2. The molecule has 0 aromatic heterocycles. The SMILES string of the molecule is CCCCC/C=C/C/C=C/CCCCCCCCOC(=O)CCCCCC(=O)OCC(COC(=O)CCCCCC(=O)OCC(CCCCCC)CCCCCCCC)OC(=O)CCCN(C)C. The van der Waals surface area contributed by atoms with Crippen molar-refractivity contribution in [1.29, 1.82) is 0 Å². The lowest BCUT2D eigenvalue weighted by Gasteiger charge is -2.18. The Bertz CT molecular complexity index is 1270. The van der Waals surface area contributed by atoms with Crippen molar-refractivity contribution in [3.63, 3.8) is 0 Å². The largest absolute Gasteiger partial charge is 0.466 e. The first-order valence-corrected chi connectivity index (χ1v) is 27.9. The zero-order chi connectivity index (χ0) is 50.0. The van der Waals surface area contributed by atoms with E-state index in [2.05, 4.69) is 45.1 Å². The molecular weight excluding hydrogens is 859 g/mol. The van der Waals surface area contributed by atoms with Crippen molar-refractivity contribution >= 4 is 29.8 Å². The number of carbonyl (C=O) groups excluding carboxylic acids is 5. The van der Waals surface area contributed by atoms with Gasteiger partial charge >= 0.3 is 29.8 Å². The molecule has 0 rings (SSSR count). The molecule has 0 fully saturated rings. The van der Waals surface area contributed by atoms with Gasteiger partial charge in [-0.3, -0.25) is 24.0 Å². The van der Waals surface area contributed by atoms with E-state index < -0.39 is 24.0 Å². The first-order valence-electron chi connectivity index (χ1n) is 27.9. The summed E-state index contributed by atoms with van der Waals surface area (Å²) in [5, 5.41) is 0. The van der Waals surface area contributed by atoms with E-state index in [1.54, 1.807) is 0 Å². The normalized spacial score (nSPS) is 12.4. The van der Waals surface area contributed by atoms with Crippen LogP contribution >= 0.6 is 0 Å². The molecule has 0 amide bonds. The van der Waals surface area contributed by atoms with Gasteiger partial charge in [0.2, 0.25) is 0 Å². The number of allylic oxidation sites excluding steroid dienone is 4. The van der Waals surface area contributed by atoms with E-state index in [1.165, 1.54) is 109 Å². The molecule has 2 unspecified atom stereocenters. The minimum absolute atomic E-state index is 0.164. The fourth-order valence-electron chi connectivity index (χ4n) is 7.86. The van der Waals surface area contributed by atoms with E-state index in [9.17, 15) is 24.0 Å². The number of ether oxygens (including phenoxy) is 5. The molecule has 0 radical (unpaired) electrons. The third-order valence-corrected chi connectivity index (χ3v) is 12.2. The van der Waals surface area contributed by atoms with Crippen LogP contribution < -0.4 is 0 Å². The third kappa shape index (κ3) is 47.8. The number of hydrogen-bond donors (Lipinski definition) is 0. The summed E-state index contributed by atoms with van der Waals surface area (Å²) in [6, 6.07) is 0. The summed E-state index contributed by atoms with van der Waals surface area (Å²) in [6.45, 7) is 7.93. The summed E-state index contributed by atoms with van der Waals surface area (Å²) in [7, 11) is 3.85. The molecule has 11 heteroatoms. The molecule has 0 bridgehead atoms. The predicted octanol–water partition coefficient (Wildman–Crippen LogP) is 14.5. The quantitative estimate of drug-likeness (QED) is 0.0249. The Kier molecular flexibility index (Phi) is 47.8. The molecule has 0 N–H and O–H groups in total. The zero-order valence-corrected chi connectivity index (χ0v) is 44.5. The van der Waals surface area contributed by atoms with Gasteiger partial charge in [-0.25, -0.2) is 0 Å². The lowest BCUT2D eigenvalue weighted by Crippen LogP contribution is -2.31. The first kappa shape index (κ1) is 64.8. The van der Waals surface area contributed by atoms with Gasteiger partial charge in [0, 0.05) is 32.1 Å². The average Bonchev–Trinajstić information content (AvgIpc) is 3.31. The van der Waals surface area contributed by atoms with Crippen LogP contribution in [0.25, 0.3) is 0 Å². The summed E-state index contributed by atoms with van der Waals surface area (Å²) in [4.78, 5) is 64.5. The van der Waals surface area contributed by atoms with Crippen LogP contribution in [0.15, 0.2) is 24.3 Å². The maximum atomic E-state index is 12.6. The Morgan fingerprint density at radius 2 is 0.779 bits per heavy atom. The van der Waals surface area contributed by atoms with E-state index in [4.69, 9.17) is 23.7 Å². The second-order valence-corrected chi connectivity index (χ2v) is 19.3. The van der Waals surface area contributed by atoms with Crippen LogP contribution in [-0.4, -0.2) is 87.9 Å². The lowest BCUT2D eigenvalue weighted by atomic mass is 9.95. The number of nitrogens with zero attached hydrogens (tertiary/aromatic N) is 1. The third-order valence-electron chi connectivity index (χ3n) is 12.2. The summed E-state index contributed by atoms with van der Waals surface area (Å²) in [5.74, 6) is -1.27. The monoisotopic (exact) mass is 962 g/mol. The highest BCUT2D eigenvalue weighted by Crippen LogP contribution is 2.20. The van der Waals surface area contributed by atoms with Gasteiger partial charge in [-0.1, -0.05) is 161 Å². The molecule has 2 atom stereocenters. The Morgan fingerprint density at radius 3 is 1.29 bits per heavy atom. The molecule has 0 saturated carbocycles. The summed E-state index contributed by atoms with van der Waals surface area (Å²) in [5.41, 5.74) is 0. The Morgan fingerprint density at radius 1 is 0.397 bits per heavy atom. The number of hydrogen-bond acceptors (Lipinski definition) is 11. The molecule has 396 valence electrons. The van der Waals surface area contributed by atoms with Crippen LogP contribution in [0.4, 0.5) is 0 Å². The maximum absolute atomic E-state index is 12.6. The fourth-order valence-corrected chi connectivity index (χ4v) is 7.86. The highest BCUT2D eigenvalue weighted by atomic mass is 16.6. The van der Waals surface area contributed by atoms with Crippen molar-refractivity contribution in [3.8, 4) is 0 Å². The van der Waals surface area contributed by atoms with E-state index >= 15 is 0 Å².